The van der Waals surface area contributed by atoms with Crippen molar-refractivity contribution in [2.24, 2.45) is 5.92 Å². The molecule has 2 aromatic heterocycles. The highest BCUT2D eigenvalue weighted by Crippen LogP contribution is 2.35. The third-order valence-electron chi connectivity index (χ3n) is 3.42. The van der Waals surface area contributed by atoms with Crippen molar-refractivity contribution in [2.45, 2.75) is 19.3 Å². The molecule has 0 radical (unpaired) electrons. The van der Waals surface area contributed by atoms with E-state index < -0.39 is 5.97 Å². The molecule has 1 fully saturated rings. The number of carboxylic acids is 1. The molecule has 0 unspecified atom stereocenters. The van der Waals surface area contributed by atoms with Gasteiger partial charge in [0.2, 0.25) is 0 Å². The van der Waals surface area contributed by atoms with Crippen LogP contribution in [0, 0.1) is 5.92 Å². The largest absolute Gasteiger partial charge is 0.477 e. The molecule has 18 heavy (non-hydrogen) atoms. The molecule has 0 aromatic carbocycles. The first-order valence-corrected chi connectivity index (χ1v) is 7.82. The first-order chi connectivity index (χ1) is 8.72. The van der Waals surface area contributed by atoms with Crippen LogP contribution in [0.15, 0.2) is 12.1 Å². The molecule has 3 nitrogen and oxygen atoms in total. The minimum atomic E-state index is -0.816. The summed E-state index contributed by atoms with van der Waals surface area (Å²) in [4.78, 5) is 12.7. The number of hydrogen-bond acceptors (Lipinski definition) is 4. The summed E-state index contributed by atoms with van der Waals surface area (Å²) in [7, 11) is 0. The molecule has 1 aliphatic heterocycles. The van der Waals surface area contributed by atoms with Crippen LogP contribution in [0.2, 0.25) is 0 Å². The Labute approximate surface area is 113 Å². The molecule has 0 atom stereocenters. The van der Waals surface area contributed by atoms with Crippen LogP contribution in [0.5, 0.6) is 0 Å². The second-order valence-electron chi connectivity index (χ2n) is 4.77. The lowest BCUT2D eigenvalue weighted by molar-refractivity contribution is 0.0702. The molecule has 96 valence electrons. The molecule has 2 aromatic rings. The van der Waals surface area contributed by atoms with Crippen LogP contribution in [-0.4, -0.2) is 24.2 Å². The average molecular weight is 281 g/mol. The summed E-state index contributed by atoms with van der Waals surface area (Å²) in [6.45, 7) is 2.27. The SMILES string of the molecule is O=C(O)c1cc2cc(CC3CCNCC3)sc2s1. The maximum Gasteiger partial charge on any atom is 0.345 e. The van der Waals surface area contributed by atoms with Crippen molar-refractivity contribution in [3.8, 4) is 0 Å². The molecule has 0 amide bonds. The molecule has 3 rings (SSSR count). The topological polar surface area (TPSA) is 49.3 Å². The molecule has 1 aliphatic rings. The lowest BCUT2D eigenvalue weighted by atomic mass is 9.94. The van der Waals surface area contributed by atoms with E-state index in [4.69, 9.17) is 5.11 Å². The van der Waals surface area contributed by atoms with Crippen LogP contribution in [0.4, 0.5) is 0 Å². The fraction of sp³-hybridized carbons (Fsp3) is 0.462. The highest BCUT2D eigenvalue weighted by molar-refractivity contribution is 7.39. The van der Waals surface area contributed by atoms with Crippen molar-refractivity contribution in [2.75, 3.05) is 13.1 Å². The zero-order valence-corrected chi connectivity index (χ0v) is 11.6. The van der Waals surface area contributed by atoms with Gasteiger partial charge in [0.15, 0.2) is 0 Å². The first-order valence-electron chi connectivity index (χ1n) is 6.18. The fourth-order valence-electron chi connectivity index (χ4n) is 2.47. The minimum Gasteiger partial charge on any atom is -0.477 e. The lowest BCUT2D eigenvalue weighted by Gasteiger charge is -2.21. The van der Waals surface area contributed by atoms with Crippen LogP contribution in [0.3, 0.4) is 0 Å². The van der Waals surface area contributed by atoms with Gasteiger partial charge in [-0.2, -0.15) is 0 Å². The number of piperidine rings is 1. The van der Waals surface area contributed by atoms with E-state index in [-0.39, 0.29) is 0 Å². The van der Waals surface area contributed by atoms with Crippen LogP contribution in [-0.2, 0) is 6.42 Å². The summed E-state index contributed by atoms with van der Waals surface area (Å²) in [5.41, 5.74) is 0. The number of carbonyl (C=O) groups is 1. The molecule has 5 heteroatoms. The van der Waals surface area contributed by atoms with E-state index in [1.165, 1.54) is 29.1 Å². The summed E-state index contributed by atoms with van der Waals surface area (Å²) in [5.74, 6) is -0.0266. The van der Waals surface area contributed by atoms with Crippen LogP contribution in [0.1, 0.15) is 27.4 Å². The molecule has 0 saturated carbocycles. The summed E-state index contributed by atoms with van der Waals surface area (Å²) >= 11 is 3.16. The van der Waals surface area contributed by atoms with Gasteiger partial charge < -0.3 is 10.4 Å². The average Bonchev–Trinajstić information content (AvgIpc) is 2.88. The van der Waals surface area contributed by atoms with Gasteiger partial charge in [-0.05, 0) is 50.4 Å². The molecule has 2 N–H and O–H groups in total. The molecule has 0 spiro atoms. The second-order valence-corrected chi connectivity index (χ2v) is 7.22. The van der Waals surface area contributed by atoms with Crippen molar-refractivity contribution in [3.05, 3.63) is 21.9 Å². The number of rotatable bonds is 3. The standard InChI is InChI=1S/C13H15NO2S2/c15-12(16)11-7-9-6-10(17-13(9)18-11)5-8-1-3-14-4-2-8/h6-8,14H,1-5H2,(H,15,16). The summed E-state index contributed by atoms with van der Waals surface area (Å²) in [6.07, 6.45) is 3.66. The molecule has 3 heterocycles. The van der Waals surface area contributed by atoms with Gasteiger partial charge >= 0.3 is 5.97 Å². The minimum absolute atomic E-state index is 0.449. The number of fused-ring (bicyclic) bond motifs is 1. The zero-order chi connectivity index (χ0) is 12.5. The lowest BCUT2D eigenvalue weighted by Crippen LogP contribution is -2.28. The molecule has 1 saturated heterocycles. The Bertz CT molecular complexity index is 535. The van der Waals surface area contributed by atoms with Gasteiger partial charge in [0.05, 0.1) is 4.01 Å². The van der Waals surface area contributed by atoms with E-state index in [9.17, 15) is 4.79 Å². The summed E-state index contributed by atoms with van der Waals surface area (Å²) < 4.78 is 1.15. The summed E-state index contributed by atoms with van der Waals surface area (Å²) in [5, 5.41) is 13.4. The fourth-order valence-corrected chi connectivity index (χ4v) is 4.91. The van der Waals surface area contributed by atoms with E-state index >= 15 is 0 Å². The Kier molecular flexibility index (Phi) is 3.37. The van der Waals surface area contributed by atoms with Gasteiger partial charge in [-0.1, -0.05) is 0 Å². The Hall–Kier alpha value is -0.910. The van der Waals surface area contributed by atoms with E-state index in [0.29, 0.717) is 4.88 Å². The van der Waals surface area contributed by atoms with Gasteiger partial charge in [-0.15, -0.1) is 22.7 Å². The van der Waals surface area contributed by atoms with Crippen molar-refractivity contribution < 1.29 is 9.90 Å². The van der Waals surface area contributed by atoms with E-state index in [0.717, 1.165) is 34.8 Å². The van der Waals surface area contributed by atoms with Crippen molar-refractivity contribution in [1.82, 2.24) is 5.32 Å². The highest BCUT2D eigenvalue weighted by Gasteiger charge is 2.16. The number of thiophene rings is 2. The maximum atomic E-state index is 10.9. The first kappa shape index (κ1) is 12.1. The van der Waals surface area contributed by atoms with Crippen molar-refractivity contribution >= 4 is 38.0 Å². The Morgan fingerprint density at radius 3 is 2.78 bits per heavy atom. The van der Waals surface area contributed by atoms with Crippen LogP contribution >= 0.6 is 22.7 Å². The van der Waals surface area contributed by atoms with Crippen LogP contribution in [0.25, 0.3) is 9.40 Å². The maximum absolute atomic E-state index is 10.9. The Morgan fingerprint density at radius 1 is 1.33 bits per heavy atom. The van der Waals surface area contributed by atoms with Gasteiger partial charge in [0.1, 0.15) is 4.88 Å². The van der Waals surface area contributed by atoms with Gasteiger partial charge in [0, 0.05) is 10.3 Å². The van der Waals surface area contributed by atoms with Crippen molar-refractivity contribution in [3.63, 3.8) is 0 Å². The number of carboxylic acid groups (broad SMARTS) is 1. The Balaban J connectivity index is 1.76. The molecular weight excluding hydrogens is 266 g/mol. The summed E-state index contributed by atoms with van der Waals surface area (Å²) in [6, 6.07) is 3.97. The number of hydrogen-bond donors (Lipinski definition) is 2. The van der Waals surface area contributed by atoms with Gasteiger partial charge in [-0.25, -0.2) is 4.79 Å². The number of aromatic carboxylic acids is 1. The second kappa shape index (κ2) is 4.99. The molecular formula is C13H15NO2S2. The van der Waals surface area contributed by atoms with E-state index in [1.807, 2.05) is 0 Å². The monoisotopic (exact) mass is 281 g/mol. The third-order valence-corrected chi connectivity index (χ3v) is 5.83. The zero-order valence-electron chi connectivity index (χ0n) is 9.94. The van der Waals surface area contributed by atoms with Gasteiger partial charge in [-0.3, -0.25) is 0 Å². The number of nitrogens with one attached hydrogen (secondary N) is 1. The predicted molar refractivity (Wildman–Crippen MR) is 76.0 cm³/mol. The van der Waals surface area contributed by atoms with E-state index in [2.05, 4.69) is 11.4 Å². The quantitative estimate of drug-likeness (QED) is 0.908. The van der Waals surface area contributed by atoms with Gasteiger partial charge in [0.25, 0.3) is 0 Å². The van der Waals surface area contributed by atoms with E-state index in [1.54, 1.807) is 17.4 Å². The normalized spacial score (nSPS) is 17.3. The third kappa shape index (κ3) is 2.43. The van der Waals surface area contributed by atoms with Crippen LogP contribution < -0.4 is 5.32 Å². The highest BCUT2D eigenvalue weighted by atomic mass is 32.2. The molecule has 0 aliphatic carbocycles. The van der Waals surface area contributed by atoms with Crippen molar-refractivity contribution in [1.29, 1.82) is 0 Å². The predicted octanol–water partition coefficient (Wildman–Crippen LogP) is 3.20. The smallest absolute Gasteiger partial charge is 0.345 e. The molecule has 0 bridgehead atoms. The Morgan fingerprint density at radius 2 is 2.11 bits per heavy atom.